The molecule has 5 rings (SSSR count). The second kappa shape index (κ2) is 10.1. The highest BCUT2D eigenvalue weighted by Crippen LogP contribution is 2.25. The third kappa shape index (κ3) is 5.09. The minimum absolute atomic E-state index is 0.341. The van der Waals surface area contributed by atoms with Crippen molar-refractivity contribution >= 4 is 17.3 Å². The molecule has 1 N–H and O–H groups in total. The van der Waals surface area contributed by atoms with Gasteiger partial charge in [-0.05, 0) is 12.1 Å². The van der Waals surface area contributed by atoms with Gasteiger partial charge >= 0.3 is 6.01 Å². The third-order valence-corrected chi connectivity index (χ3v) is 5.64. The number of fused-ring (bicyclic) bond motifs is 1. The van der Waals surface area contributed by atoms with Crippen LogP contribution in [0.25, 0.3) is 0 Å². The Hall–Kier alpha value is -2.95. The van der Waals surface area contributed by atoms with Crippen molar-refractivity contribution in [3.05, 3.63) is 35.9 Å². The Morgan fingerprint density at radius 1 is 1.00 bits per heavy atom. The predicted octanol–water partition coefficient (Wildman–Crippen LogP) is 1.23. The maximum Gasteiger partial charge on any atom is 0.320 e. The zero-order chi connectivity index (χ0) is 21.6. The lowest BCUT2D eigenvalue weighted by atomic mass is 10.1. The number of hydrazone groups is 1. The molecule has 0 amide bonds. The fourth-order valence-corrected chi connectivity index (χ4v) is 3.85. The van der Waals surface area contributed by atoms with E-state index in [1.807, 2.05) is 30.3 Å². The van der Waals surface area contributed by atoms with E-state index in [0.29, 0.717) is 38.3 Å². The minimum Gasteiger partial charge on any atom is -0.487 e. The summed E-state index contributed by atoms with van der Waals surface area (Å²) in [7, 11) is 0. The van der Waals surface area contributed by atoms with Crippen molar-refractivity contribution in [2.45, 2.75) is 0 Å². The molecule has 32 heavy (non-hydrogen) atoms. The van der Waals surface area contributed by atoms with Crippen molar-refractivity contribution in [2.75, 3.05) is 82.7 Å². The summed E-state index contributed by atoms with van der Waals surface area (Å²) in [5.41, 5.74) is 4.90. The van der Waals surface area contributed by atoms with Gasteiger partial charge in [0.05, 0.1) is 26.4 Å². The molecule has 10 nitrogen and oxygen atoms in total. The minimum atomic E-state index is 0.341. The molecule has 2 aromatic rings. The van der Waals surface area contributed by atoms with Gasteiger partial charge in [0.1, 0.15) is 30.5 Å². The van der Waals surface area contributed by atoms with E-state index in [0.717, 1.165) is 68.8 Å². The highest BCUT2D eigenvalue weighted by molar-refractivity contribution is 6.06. The number of rotatable bonds is 7. The summed E-state index contributed by atoms with van der Waals surface area (Å²) in [4.78, 5) is 13.7. The molecule has 0 saturated carbocycles. The Kier molecular flexibility index (Phi) is 6.61. The van der Waals surface area contributed by atoms with Gasteiger partial charge in [-0.25, -0.2) is 0 Å². The number of para-hydroxylation sites is 1. The molecule has 1 aromatic heterocycles. The van der Waals surface area contributed by atoms with E-state index in [-0.39, 0.29) is 0 Å². The molecule has 170 valence electrons. The van der Waals surface area contributed by atoms with Gasteiger partial charge in [0, 0.05) is 44.4 Å². The summed E-state index contributed by atoms with van der Waals surface area (Å²) in [5, 5.41) is 4.55. The first-order valence-electron chi connectivity index (χ1n) is 11.0. The molecular formula is C22H28N6O4. The topological polar surface area (TPSA) is 93.6 Å². The maximum absolute atomic E-state index is 5.93. The van der Waals surface area contributed by atoms with E-state index < -0.39 is 0 Å². The lowest BCUT2D eigenvalue weighted by Crippen LogP contribution is -2.39. The fourth-order valence-electron chi connectivity index (χ4n) is 3.85. The highest BCUT2D eigenvalue weighted by Gasteiger charge is 2.20. The first kappa shape index (κ1) is 20.9. The smallest absolute Gasteiger partial charge is 0.320 e. The molecule has 0 atom stereocenters. The zero-order valence-electron chi connectivity index (χ0n) is 18.0. The van der Waals surface area contributed by atoms with Crippen molar-refractivity contribution in [2.24, 2.45) is 5.10 Å². The van der Waals surface area contributed by atoms with Crippen LogP contribution in [0.3, 0.4) is 0 Å². The van der Waals surface area contributed by atoms with Gasteiger partial charge in [-0.1, -0.05) is 12.1 Å². The van der Waals surface area contributed by atoms with Crippen LogP contribution in [0, 0.1) is 0 Å². The van der Waals surface area contributed by atoms with E-state index in [1.54, 1.807) is 0 Å². The van der Waals surface area contributed by atoms with Gasteiger partial charge in [0.2, 0.25) is 0 Å². The molecule has 3 aliphatic heterocycles. The predicted molar refractivity (Wildman–Crippen MR) is 120 cm³/mol. The molecule has 0 radical (unpaired) electrons. The summed E-state index contributed by atoms with van der Waals surface area (Å²) < 4.78 is 22.5. The second-order valence-electron chi connectivity index (χ2n) is 7.75. The Bertz CT molecular complexity index is 944. The van der Waals surface area contributed by atoms with Crippen LogP contribution in [0.2, 0.25) is 0 Å². The Balaban J connectivity index is 1.30. The SMILES string of the molecule is c1ccc2c(c1)OC/C2=N\Nc1cc(N2CCOCC2)nc(OCCN2CCOCC2)n1. The number of benzene rings is 1. The quantitative estimate of drug-likeness (QED) is 0.638. The van der Waals surface area contributed by atoms with Gasteiger partial charge < -0.3 is 23.8 Å². The van der Waals surface area contributed by atoms with Crippen LogP contribution in [0.1, 0.15) is 5.56 Å². The average Bonchev–Trinajstić information content (AvgIpc) is 3.27. The Morgan fingerprint density at radius 2 is 1.78 bits per heavy atom. The standard InChI is InChI=1S/C22H28N6O4/c1-2-4-19-17(3-1)18(16-32-19)25-26-20-15-21(28-8-12-30-13-9-28)24-22(23-20)31-14-7-27-5-10-29-11-6-27/h1-4,15H,5-14,16H2,(H,23,24,26)/b25-18+. The van der Waals surface area contributed by atoms with Crippen LogP contribution in [0.4, 0.5) is 11.6 Å². The number of anilines is 2. The van der Waals surface area contributed by atoms with Gasteiger partial charge in [0.15, 0.2) is 5.82 Å². The molecule has 10 heteroatoms. The molecule has 0 aliphatic carbocycles. The van der Waals surface area contributed by atoms with E-state index in [2.05, 4.69) is 30.3 Å². The number of nitrogens with zero attached hydrogens (tertiary/aromatic N) is 5. The van der Waals surface area contributed by atoms with E-state index in [9.17, 15) is 0 Å². The number of nitrogens with one attached hydrogen (secondary N) is 1. The second-order valence-corrected chi connectivity index (χ2v) is 7.75. The number of hydrogen-bond acceptors (Lipinski definition) is 10. The van der Waals surface area contributed by atoms with E-state index >= 15 is 0 Å². The molecule has 3 aliphatic rings. The fraction of sp³-hybridized carbons (Fsp3) is 0.500. The lowest BCUT2D eigenvalue weighted by Gasteiger charge is -2.28. The van der Waals surface area contributed by atoms with Crippen LogP contribution in [0.15, 0.2) is 35.4 Å². The zero-order valence-corrected chi connectivity index (χ0v) is 18.0. The summed E-state index contributed by atoms with van der Waals surface area (Å²) in [6.45, 7) is 8.05. The van der Waals surface area contributed by atoms with E-state index in [4.69, 9.17) is 18.9 Å². The summed E-state index contributed by atoms with van der Waals surface area (Å²) in [6.07, 6.45) is 0. The van der Waals surface area contributed by atoms with Crippen LogP contribution < -0.4 is 19.8 Å². The van der Waals surface area contributed by atoms with Crippen LogP contribution in [-0.2, 0) is 9.47 Å². The highest BCUT2D eigenvalue weighted by atomic mass is 16.5. The molecule has 0 bridgehead atoms. The van der Waals surface area contributed by atoms with Crippen molar-refractivity contribution in [1.82, 2.24) is 14.9 Å². The number of hydrogen-bond donors (Lipinski definition) is 1. The maximum atomic E-state index is 5.93. The average molecular weight is 441 g/mol. The summed E-state index contributed by atoms with van der Waals surface area (Å²) in [5.74, 6) is 2.23. The monoisotopic (exact) mass is 440 g/mol. The summed E-state index contributed by atoms with van der Waals surface area (Å²) in [6, 6.07) is 10.1. The van der Waals surface area contributed by atoms with Gasteiger partial charge in [-0.15, -0.1) is 0 Å². The summed E-state index contributed by atoms with van der Waals surface area (Å²) >= 11 is 0. The van der Waals surface area contributed by atoms with Gasteiger partial charge in [0.25, 0.3) is 0 Å². The van der Waals surface area contributed by atoms with Gasteiger partial charge in [-0.3, -0.25) is 10.3 Å². The van der Waals surface area contributed by atoms with Crippen LogP contribution >= 0.6 is 0 Å². The number of aromatic nitrogens is 2. The van der Waals surface area contributed by atoms with Crippen LogP contribution in [-0.4, -0.2) is 92.9 Å². The van der Waals surface area contributed by atoms with E-state index in [1.165, 1.54) is 0 Å². The lowest BCUT2D eigenvalue weighted by molar-refractivity contribution is 0.0317. The number of morpholine rings is 2. The molecule has 2 saturated heterocycles. The molecule has 1 aromatic carbocycles. The first-order valence-corrected chi connectivity index (χ1v) is 11.0. The Morgan fingerprint density at radius 3 is 2.62 bits per heavy atom. The largest absolute Gasteiger partial charge is 0.487 e. The molecule has 4 heterocycles. The number of ether oxygens (including phenoxy) is 4. The Labute approximate surface area is 187 Å². The van der Waals surface area contributed by atoms with Gasteiger partial charge in [-0.2, -0.15) is 15.1 Å². The van der Waals surface area contributed by atoms with Crippen molar-refractivity contribution < 1.29 is 18.9 Å². The molecule has 0 unspecified atom stereocenters. The normalized spacial score (nSPS) is 20.1. The third-order valence-electron chi connectivity index (χ3n) is 5.64. The van der Waals surface area contributed by atoms with Crippen molar-refractivity contribution in [1.29, 1.82) is 0 Å². The van der Waals surface area contributed by atoms with Crippen molar-refractivity contribution in [3.63, 3.8) is 0 Å². The first-order chi connectivity index (χ1) is 15.8. The molecular weight excluding hydrogens is 412 g/mol. The molecule has 0 spiro atoms. The molecule has 2 fully saturated rings. The van der Waals surface area contributed by atoms with Crippen molar-refractivity contribution in [3.8, 4) is 11.8 Å². The van der Waals surface area contributed by atoms with Crippen LogP contribution in [0.5, 0.6) is 11.8 Å².